The van der Waals surface area contributed by atoms with Crippen LogP contribution in [0.5, 0.6) is 11.5 Å². The molecule has 1 fully saturated rings. The molecule has 1 saturated heterocycles. The molecular formula is C21H30N4O3S. The topological polar surface area (TPSA) is 71.0 Å². The van der Waals surface area contributed by atoms with E-state index in [0.717, 1.165) is 66.9 Å². The van der Waals surface area contributed by atoms with Gasteiger partial charge in [-0.05, 0) is 30.4 Å². The second-order valence-corrected chi connectivity index (χ2v) is 7.94. The monoisotopic (exact) mass is 418 g/mol. The molecular weight excluding hydrogens is 388 g/mol. The van der Waals surface area contributed by atoms with Crippen molar-refractivity contribution in [3.05, 3.63) is 41.7 Å². The Balaban J connectivity index is 1.65. The van der Waals surface area contributed by atoms with E-state index in [1.54, 1.807) is 26.0 Å². The summed E-state index contributed by atoms with van der Waals surface area (Å²) in [6.45, 7) is 4.63. The molecule has 1 aliphatic heterocycles. The average Bonchev–Trinajstić information content (AvgIpc) is 2.76. The lowest BCUT2D eigenvalue weighted by atomic mass is 10.1. The summed E-state index contributed by atoms with van der Waals surface area (Å²) in [5.74, 6) is 1.59. The molecule has 8 heteroatoms. The second kappa shape index (κ2) is 10.8. The molecule has 0 saturated carbocycles. The molecule has 29 heavy (non-hydrogen) atoms. The number of thioether (sulfide) groups is 1. The Hall–Kier alpha value is -1.87. The predicted molar refractivity (Wildman–Crippen MR) is 115 cm³/mol. The predicted octanol–water partition coefficient (Wildman–Crippen LogP) is 2.28. The molecule has 1 aromatic carbocycles. The third-order valence-corrected chi connectivity index (χ3v) is 5.79. The zero-order chi connectivity index (χ0) is 20.6. The number of ether oxygens (including phenoxy) is 2. The van der Waals surface area contributed by atoms with E-state index in [1.807, 2.05) is 24.7 Å². The molecule has 0 radical (unpaired) electrons. The summed E-state index contributed by atoms with van der Waals surface area (Å²) in [7, 11) is 3.34. The molecule has 1 N–H and O–H groups in total. The third kappa shape index (κ3) is 6.05. The maximum atomic E-state index is 9.59. The smallest absolute Gasteiger partial charge is 0.187 e. The maximum absolute atomic E-state index is 9.59. The molecule has 0 bridgehead atoms. The number of piperazine rings is 1. The van der Waals surface area contributed by atoms with E-state index in [0.29, 0.717) is 0 Å². The molecule has 0 aliphatic carbocycles. The number of aromatic nitrogens is 2. The summed E-state index contributed by atoms with van der Waals surface area (Å²) in [4.78, 5) is 13.6. The first kappa shape index (κ1) is 21.8. The molecule has 0 unspecified atom stereocenters. The van der Waals surface area contributed by atoms with Crippen molar-refractivity contribution in [3.8, 4) is 11.5 Å². The van der Waals surface area contributed by atoms with Gasteiger partial charge in [0.05, 0.1) is 14.2 Å². The fourth-order valence-electron chi connectivity index (χ4n) is 3.71. The Labute approximate surface area is 177 Å². The van der Waals surface area contributed by atoms with Crippen molar-refractivity contribution in [2.75, 3.05) is 46.7 Å². The molecule has 1 aromatic heterocycles. The van der Waals surface area contributed by atoms with Crippen LogP contribution in [0.4, 0.5) is 0 Å². The van der Waals surface area contributed by atoms with Gasteiger partial charge in [0.25, 0.3) is 0 Å². The molecule has 1 atom stereocenters. The Bertz CT molecular complexity index is 753. The Morgan fingerprint density at radius 1 is 1.03 bits per heavy atom. The first-order chi connectivity index (χ1) is 14.1. The summed E-state index contributed by atoms with van der Waals surface area (Å²) in [6, 6.07) is 6.28. The van der Waals surface area contributed by atoms with Crippen molar-refractivity contribution in [1.82, 2.24) is 19.8 Å². The van der Waals surface area contributed by atoms with Crippen LogP contribution in [0, 0.1) is 0 Å². The number of hydrogen-bond acceptors (Lipinski definition) is 8. The van der Waals surface area contributed by atoms with E-state index in [4.69, 9.17) is 9.47 Å². The highest BCUT2D eigenvalue weighted by Crippen LogP contribution is 2.25. The molecule has 2 aromatic rings. The lowest BCUT2D eigenvalue weighted by molar-refractivity contribution is 0.0498. The van der Waals surface area contributed by atoms with Gasteiger partial charge in [0.2, 0.25) is 0 Å². The van der Waals surface area contributed by atoms with Gasteiger partial charge in [-0.2, -0.15) is 0 Å². The van der Waals surface area contributed by atoms with E-state index in [9.17, 15) is 5.11 Å². The average molecular weight is 419 g/mol. The minimum atomic E-state index is 0.183. The minimum Gasteiger partial charge on any atom is -0.497 e. The van der Waals surface area contributed by atoms with Crippen LogP contribution in [0.3, 0.4) is 0 Å². The number of aliphatic hydroxyl groups is 1. The van der Waals surface area contributed by atoms with Crippen LogP contribution in [-0.4, -0.2) is 77.6 Å². The fraction of sp³-hybridized carbons (Fsp3) is 0.524. The van der Waals surface area contributed by atoms with Gasteiger partial charge in [0, 0.05) is 69.4 Å². The SMILES string of the molecule is COc1cc(CN2CCN(Cc3cnc(SC)nc3)C[C@H]2CCO)cc(OC)c1. The standard InChI is InChI=1S/C21H30N4O3S/c1-27-19-8-16(9-20(10-19)28-2)14-25-6-5-24(15-18(25)4-7-26)13-17-11-22-21(29-3)23-12-17/h8-12,18,26H,4-7,13-15H2,1-3H3/t18-/m1/s1. The van der Waals surface area contributed by atoms with Crippen LogP contribution < -0.4 is 9.47 Å². The number of benzene rings is 1. The first-order valence-corrected chi connectivity index (χ1v) is 11.0. The van der Waals surface area contributed by atoms with Crippen molar-refractivity contribution in [2.45, 2.75) is 30.7 Å². The van der Waals surface area contributed by atoms with Crippen LogP contribution in [0.25, 0.3) is 0 Å². The van der Waals surface area contributed by atoms with Crippen LogP contribution in [0.15, 0.2) is 35.7 Å². The minimum absolute atomic E-state index is 0.183. The van der Waals surface area contributed by atoms with Crippen molar-refractivity contribution in [2.24, 2.45) is 0 Å². The van der Waals surface area contributed by atoms with E-state index in [-0.39, 0.29) is 12.6 Å². The maximum Gasteiger partial charge on any atom is 0.187 e. The zero-order valence-electron chi connectivity index (χ0n) is 17.4. The first-order valence-electron chi connectivity index (χ1n) is 9.79. The van der Waals surface area contributed by atoms with Crippen LogP contribution in [0.1, 0.15) is 17.5 Å². The highest BCUT2D eigenvalue weighted by molar-refractivity contribution is 7.98. The highest BCUT2D eigenvalue weighted by Gasteiger charge is 2.27. The van der Waals surface area contributed by atoms with Crippen LogP contribution >= 0.6 is 11.8 Å². The van der Waals surface area contributed by atoms with Crippen molar-refractivity contribution in [3.63, 3.8) is 0 Å². The van der Waals surface area contributed by atoms with Gasteiger partial charge in [-0.15, -0.1) is 0 Å². The molecule has 0 amide bonds. The number of methoxy groups -OCH3 is 2. The summed E-state index contributed by atoms with van der Waals surface area (Å²) in [5, 5.41) is 10.4. The Morgan fingerprint density at radius 2 is 1.72 bits per heavy atom. The largest absolute Gasteiger partial charge is 0.497 e. The summed E-state index contributed by atoms with van der Waals surface area (Å²) in [5.41, 5.74) is 2.27. The lowest BCUT2D eigenvalue weighted by Crippen LogP contribution is -2.52. The normalized spacial score (nSPS) is 18.0. The van der Waals surface area contributed by atoms with E-state index >= 15 is 0 Å². The van der Waals surface area contributed by atoms with Gasteiger partial charge in [-0.1, -0.05) is 11.8 Å². The lowest BCUT2D eigenvalue weighted by Gasteiger charge is -2.41. The molecule has 7 nitrogen and oxygen atoms in total. The van der Waals surface area contributed by atoms with Gasteiger partial charge < -0.3 is 14.6 Å². The van der Waals surface area contributed by atoms with Gasteiger partial charge >= 0.3 is 0 Å². The van der Waals surface area contributed by atoms with Gasteiger partial charge in [-0.25, -0.2) is 9.97 Å². The summed E-state index contributed by atoms with van der Waals surface area (Å²) < 4.78 is 10.8. The van der Waals surface area contributed by atoms with Crippen molar-refractivity contribution >= 4 is 11.8 Å². The second-order valence-electron chi connectivity index (χ2n) is 7.17. The van der Waals surface area contributed by atoms with Crippen LogP contribution in [0.2, 0.25) is 0 Å². The molecule has 3 rings (SSSR count). The van der Waals surface area contributed by atoms with Gasteiger partial charge in [-0.3, -0.25) is 9.80 Å². The molecule has 158 valence electrons. The third-order valence-electron chi connectivity index (χ3n) is 5.22. The fourth-order valence-corrected chi connectivity index (χ4v) is 4.03. The van der Waals surface area contributed by atoms with Crippen LogP contribution in [-0.2, 0) is 13.1 Å². The van der Waals surface area contributed by atoms with E-state index in [2.05, 4.69) is 31.9 Å². The quantitative estimate of drug-likeness (QED) is 0.491. The molecule has 1 aliphatic rings. The van der Waals surface area contributed by atoms with Gasteiger partial charge in [0.15, 0.2) is 5.16 Å². The van der Waals surface area contributed by atoms with E-state index in [1.165, 1.54) is 0 Å². The summed E-state index contributed by atoms with van der Waals surface area (Å²) in [6.07, 6.45) is 6.55. The van der Waals surface area contributed by atoms with E-state index < -0.39 is 0 Å². The molecule has 2 heterocycles. The number of nitrogens with zero attached hydrogens (tertiary/aromatic N) is 4. The number of rotatable bonds is 9. The Morgan fingerprint density at radius 3 is 2.31 bits per heavy atom. The number of aliphatic hydroxyl groups excluding tert-OH is 1. The number of hydrogen-bond donors (Lipinski definition) is 1. The molecule has 0 spiro atoms. The summed E-state index contributed by atoms with van der Waals surface area (Å²) >= 11 is 1.55. The van der Waals surface area contributed by atoms with Crippen molar-refractivity contribution in [1.29, 1.82) is 0 Å². The van der Waals surface area contributed by atoms with Crippen molar-refractivity contribution < 1.29 is 14.6 Å². The Kier molecular flexibility index (Phi) is 8.11. The van der Waals surface area contributed by atoms with Gasteiger partial charge in [0.1, 0.15) is 11.5 Å². The zero-order valence-corrected chi connectivity index (χ0v) is 18.2. The highest BCUT2D eigenvalue weighted by atomic mass is 32.2.